The van der Waals surface area contributed by atoms with Crippen LogP contribution < -0.4 is 5.32 Å². The van der Waals surface area contributed by atoms with Gasteiger partial charge in [0.1, 0.15) is 5.82 Å². The molecular formula is C13H12Cl3N3O. The molecule has 1 fully saturated rings. The lowest BCUT2D eigenvalue weighted by molar-refractivity contribution is -0.122. The van der Waals surface area contributed by atoms with Crippen LogP contribution in [0.25, 0.3) is 11.0 Å². The number of nitrogens with one attached hydrogen (secondary N) is 1. The average Bonchev–Trinajstić information content (AvgIpc) is 2.78. The second-order valence-electron chi connectivity index (χ2n) is 4.78. The largest absolute Gasteiger partial charge is 0.354 e. The Morgan fingerprint density at radius 3 is 2.75 bits per heavy atom. The third-order valence-corrected chi connectivity index (χ3v) is 4.49. The van der Waals surface area contributed by atoms with Gasteiger partial charge in [-0.25, -0.2) is 4.98 Å². The van der Waals surface area contributed by atoms with Crippen molar-refractivity contribution in [2.24, 2.45) is 0 Å². The summed E-state index contributed by atoms with van der Waals surface area (Å²) in [6.07, 6.45) is 1.27. The van der Waals surface area contributed by atoms with Crippen LogP contribution in [-0.4, -0.2) is 22.0 Å². The fourth-order valence-corrected chi connectivity index (χ4v) is 3.09. The van der Waals surface area contributed by atoms with E-state index in [1.165, 1.54) is 0 Å². The molecule has 4 nitrogen and oxygen atoms in total. The van der Waals surface area contributed by atoms with Gasteiger partial charge in [-0.3, -0.25) is 4.79 Å². The number of alkyl halides is 1. The van der Waals surface area contributed by atoms with Crippen molar-refractivity contribution in [1.29, 1.82) is 0 Å². The Morgan fingerprint density at radius 2 is 2.10 bits per heavy atom. The highest BCUT2D eigenvalue weighted by Crippen LogP contribution is 2.32. The minimum absolute atomic E-state index is 0.0826. The molecule has 2 heterocycles. The minimum Gasteiger partial charge on any atom is -0.354 e. The van der Waals surface area contributed by atoms with Crippen molar-refractivity contribution in [1.82, 2.24) is 14.9 Å². The van der Waals surface area contributed by atoms with Crippen LogP contribution in [0, 0.1) is 0 Å². The number of hydrogen-bond acceptors (Lipinski definition) is 2. The fourth-order valence-electron chi connectivity index (χ4n) is 2.58. The van der Waals surface area contributed by atoms with Gasteiger partial charge in [0.25, 0.3) is 0 Å². The lowest BCUT2D eigenvalue weighted by Crippen LogP contribution is -2.36. The molecule has 0 saturated carbocycles. The summed E-state index contributed by atoms with van der Waals surface area (Å²) in [6, 6.07) is 3.69. The molecule has 1 amide bonds. The molecule has 3 rings (SSSR count). The van der Waals surface area contributed by atoms with Crippen LogP contribution in [0.15, 0.2) is 12.1 Å². The van der Waals surface area contributed by atoms with Gasteiger partial charge in [-0.15, -0.1) is 11.6 Å². The van der Waals surface area contributed by atoms with Crippen molar-refractivity contribution in [3.05, 3.63) is 28.0 Å². The number of fused-ring (bicyclic) bond motifs is 1. The Bertz CT molecular complexity index is 673. The second-order valence-corrected chi connectivity index (χ2v) is 5.86. The van der Waals surface area contributed by atoms with Gasteiger partial charge in [0.15, 0.2) is 0 Å². The number of nitrogens with zero attached hydrogens (tertiary/aromatic N) is 2. The van der Waals surface area contributed by atoms with E-state index in [9.17, 15) is 4.79 Å². The summed E-state index contributed by atoms with van der Waals surface area (Å²) in [4.78, 5) is 15.8. The van der Waals surface area contributed by atoms with E-state index in [1.807, 2.05) is 0 Å². The molecule has 0 radical (unpaired) electrons. The SMILES string of the molecule is O=C1CCC(n2c(CCl)nc3cc(Cl)c(Cl)cc32)CN1. The van der Waals surface area contributed by atoms with E-state index in [0.29, 0.717) is 28.9 Å². The molecule has 1 atom stereocenters. The van der Waals surface area contributed by atoms with Gasteiger partial charge in [-0.2, -0.15) is 0 Å². The number of imidazole rings is 1. The summed E-state index contributed by atoms with van der Waals surface area (Å²) in [7, 11) is 0. The molecule has 0 spiro atoms. The third-order valence-electron chi connectivity index (χ3n) is 3.53. The fraction of sp³-hybridized carbons (Fsp3) is 0.385. The maximum Gasteiger partial charge on any atom is 0.220 e. The number of amides is 1. The van der Waals surface area contributed by atoms with E-state index >= 15 is 0 Å². The molecule has 7 heteroatoms. The summed E-state index contributed by atoms with van der Waals surface area (Å²) in [5, 5.41) is 3.83. The van der Waals surface area contributed by atoms with Crippen LogP contribution in [0.5, 0.6) is 0 Å². The molecule has 1 aliphatic heterocycles. The van der Waals surface area contributed by atoms with Gasteiger partial charge in [-0.05, 0) is 18.6 Å². The van der Waals surface area contributed by atoms with Crippen molar-refractivity contribution in [3.8, 4) is 0 Å². The van der Waals surface area contributed by atoms with Gasteiger partial charge < -0.3 is 9.88 Å². The molecule has 20 heavy (non-hydrogen) atoms. The molecule has 0 bridgehead atoms. The molecule has 106 valence electrons. The molecule has 1 aromatic heterocycles. The first-order valence-electron chi connectivity index (χ1n) is 6.28. The predicted octanol–water partition coefficient (Wildman–Crippen LogP) is 3.53. The highest BCUT2D eigenvalue weighted by atomic mass is 35.5. The average molecular weight is 333 g/mol. The number of piperidine rings is 1. The molecule has 0 aliphatic carbocycles. The zero-order valence-electron chi connectivity index (χ0n) is 10.5. The summed E-state index contributed by atoms with van der Waals surface area (Å²) < 4.78 is 2.06. The van der Waals surface area contributed by atoms with Gasteiger partial charge >= 0.3 is 0 Å². The molecule has 1 N–H and O–H groups in total. The van der Waals surface area contributed by atoms with Crippen LogP contribution in [0.4, 0.5) is 0 Å². The first kappa shape index (κ1) is 14.0. The first-order chi connectivity index (χ1) is 9.60. The van der Waals surface area contributed by atoms with E-state index in [-0.39, 0.29) is 11.9 Å². The van der Waals surface area contributed by atoms with Gasteiger partial charge in [0, 0.05) is 13.0 Å². The van der Waals surface area contributed by atoms with Crippen molar-refractivity contribution >= 4 is 51.7 Å². The number of hydrogen-bond donors (Lipinski definition) is 1. The standard InChI is InChI=1S/C13H12Cl3N3O/c14-5-12-18-10-3-8(15)9(16)4-11(10)19(12)7-1-2-13(20)17-6-7/h3-4,7H,1-2,5-6H2,(H,17,20). The lowest BCUT2D eigenvalue weighted by atomic mass is 10.1. The third kappa shape index (κ3) is 2.36. The zero-order chi connectivity index (χ0) is 14.3. The van der Waals surface area contributed by atoms with Crippen LogP contribution in [0.2, 0.25) is 10.0 Å². The smallest absolute Gasteiger partial charge is 0.220 e. The van der Waals surface area contributed by atoms with E-state index in [4.69, 9.17) is 34.8 Å². The lowest BCUT2D eigenvalue weighted by Gasteiger charge is -2.25. The van der Waals surface area contributed by atoms with Crippen molar-refractivity contribution < 1.29 is 4.79 Å². The summed E-state index contributed by atoms with van der Waals surface area (Å²) in [5.41, 5.74) is 1.67. The van der Waals surface area contributed by atoms with E-state index in [1.54, 1.807) is 12.1 Å². The Labute approximate surface area is 131 Å². The monoisotopic (exact) mass is 331 g/mol. The quantitative estimate of drug-likeness (QED) is 0.855. The van der Waals surface area contributed by atoms with E-state index < -0.39 is 0 Å². The molecule has 1 unspecified atom stereocenters. The molecule has 1 saturated heterocycles. The van der Waals surface area contributed by atoms with Gasteiger partial charge in [-0.1, -0.05) is 23.2 Å². The Balaban J connectivity index is 2.12. The number of carbonyl (C=O) groups is 1. The number of aromatic nitrogens is 2. The van der Waals surface area contributed by atoms with Crippen molar-refractivity contribution in [2.75, 3.05) is 6.54 Å². The normalized spacial score (nSPS) is 19.4. The highest BCUT2D eigenvalue weighted by Gasteiger charge is 2.24. The van der Waals surface area contributed by atoms with Crippen LogP contribution in [-0.2, 0) is 10.7 Å². The number of benzene rings is 1. The molecular weight excluding hydrogens is 321 g/mol. The second kappa shape index (κ2) is 5.43. The summed E-state index contributed by atoms with van der Waals surface area (Å²) in [5.74, 6) is 1.15. The van der Waals surface area contributed by atoms with E-state index in [2.05, 4.69) is 14.9 Å². The number of halogens is 3. The zero-order valence-corrected chi connectivity index (χ0v) is 12.8. The highest BCUT2D eigenvalue weighted by molar-refractivity contribution is 6.42. The number of carbonyl (C=O) groups excluding carboxylic acids is 1. The molecule has 2 aromatic rings. The van der Waals surface area contributed by atoms with Crippen molar-refractivity contribution in [2.45, 2.75) is 24.8 Å². The number of rotatable bonds is 2. The first-order valence-corrected chi connectivity index (χ1v) is 7.57. The van der Waals surface area contributed by atoms with Crippen LogP contribution in [0.3, 0.4) is 0 Å². The maximum atomic E-state index is 11.3. The van der Waals surface area contributed by atoms with Crippen LogP contribution >= 0.6 is 34.8 Å². The Hall–Kier alpha value is -0.970. The van der Waals surface area contributed by atoms with Gasteiger partial charge in [0.05, 0.1) is 33.0 Å². The van der Waals surface area contributed by atoms with Gasteiger partial charge in [0.2, 0.25) is 5.91 Å². The van der Waals surface area contributed by atoms with Crippen LogP contribution in [0.1, 0.15) is 24.7 Å². The molecule has 1 aliphatic rings. The van der Waals surface area contributed by atoms with Crippen molar-refractivity contribution in [3.63, 3.8) is 0 Å². The Morgan fingerprint density at radius 1 is 1.35 bits per heavy atom. The Kier molecular flexibility index (Phi) is 3.80. The molecule has 1 aromatic carbocycles. The summed E-state index contributed by atoms with van der Waals surface area (Å²) in [6.45, 7) is 0.578. The minimum atomic E-state index is 0.0826. The maximum absolute atomic E-state index is 11.3. The predicted molar refractivity (Wildman–Crippen MR) is 80.6 cm³/mol. The summed E-state index contributed by atoms with van der Waals surface area (Å²) >= 11 is 18.1. The van der Waals surface area contributed by atoms with E-state index in [0.717, 1.165) is 23.3 Å². The topological polar surface area (TPSA) is 46.9 Å².